The number of carboxylic acid groups (broad SMARTS) is 1. The number of aliphatic hydroxyl groups excluding tert-OH is 1. The SMILES string of the molecule is CC(=O)O.CC(C)=CCCC1=CCC(O)CC1. The highest BCUT2D eigenvalue weighted by atomic mass is 16.4. The first-order valence-corrected chi connectivity index (χ1v) is 6.10. The molecule has 2 N–H and O–H groups in total. The minimum absolute atomic E-state index is 0.0767. The van der Waals surface area contributed by atoms with E-state index in [-0.39, 0.29) is 6.10 Å². The number of allylic oxidation sites excluding steroid dienone is 3. The summed E-state index contributed by atoms with van der Waals surface area (Å²) in [5.41, 5.74) is 2.93. The monoisotopic (exact) mass is 240 g/mol. The Morgan fingerprint density at radius 1 is 1.47 bits per heavy atom. The van der Waals surface area contributed by atoms with E-state index in [0.29, 0.717) is 0 Å². The van der Waals surface area contributed by atoms with Gasteiger partial charge in [0.15, 0.2) is 0 Å². The number of rotatable bonds is 3. The van der Waals surface area contributed by atoms with Crippen molar-refractivity contribution in [3.8, 4) is 0 Å². The first-order chi connectivity index (χ1) is 7.91. The van der Waals surface area contributed by atoms with Crippen LogP contribution in [0, 0.1) is 0 Å². The number of aliphatic carboxylic acids is 1. The molecule has 17 heavy (non-hydrogen) atoms. The molecule has 0 aromatic carbocycles. The molecule has 0 saturated carbocycles. The van der Waals surface area contributed by atoms with Crippen LogP contribution in [0.25, 0.3) is 0 Å². The van der Waals surface area contributed by atoms with Crippen molar-refractivity contribution in [2.24, 2.45) is 0 Å². The Balaban J connectivity index is 0.000000557. The number of hydrogen-bond donors (Lipinski definition) is 2. The summed E-state index contributed by atoms with van der Waals surface area (Å²) in [6, 6.07) is 0. The summed E-state index contributed by atoms with van der Waals surface area (Å²) in [6.45, 7) is 5.36. The van der Waals surface area contributed by atoms with E-state index in [1.165, 1.54) is 17.6 Å². The Labute approximate surface area is 104 Å². The fraction of sp³-hybridized carbons (Fsp3) is 0.643. The molecular weight excluding hydrogens is 216 g/mol. The maximum absolute atomic E-state index is 9.28. The van der Waals surface area contributed by atoms with Crippen LogP contribution in [0.3, 0.4) is 0 Å². The summed E-state index contributed by atoms with van der Waals surface area (Å²) in [5.74, 6) is -0.833. The molecule has 0 aliphatic heterocycles. The molecule has 1 rings (SSSR count). The third-order valence-corrected chi connectivity index (χ3v) is 2.50. The molecule has 0 fully saturated rings. The summed E-state index contributed by atoms with van der Waals surface area (Å²) in [5, 5.41) is 16.7. The molecule has 1 atom stereocenters. The summed E-state index contributed by atoms with van der Waals surface area (Å²) in [4.78, 5) is 9.00. The van der Waals surface area contributed by atoms with Crippen LogP contribution >= 0.6 is 0 Å². The van der Waals surface area contributed by atoms with Crippen molar-refractivity contribution in [3.05, 3.63) is 23.3 Å². The molecule has 0 aromatic rings. The Bertz CT molecular complexity index is 282. The quantitative estimate of drug-likeness (QED) is 0.744. The summed E-state index contributed by atoms with van der Waals surface area (Å²) < 4.78 is 0. The second-order valence-electron chi connectivity index (χ2n) is 4.63. The molecule has 98 valence electrons. The number of aliphatic hydroxyl groups is 1. The van der Waals surface area contributed by atoms with Crippen LogP contribution in [0.2, 0.25) is 0 Å². The minimum Gasteiger partial charge on any atom is -0.481 e. The van der Waals surface area contributed by atoms with E-state index in [1.807, 2.05) is 0 Å². The van der Waals surface area contributed by atoms with E-state index >= 15 is 0 Å². The van der Waals surface area contributed by atoms with Gasteiger partial charge in [0.2, 0.25) is 0 Å². The van der Waals surface area contributed by atoms with Crippen LogP contribution in [0.15, 0.2) is 23.3 Å². The van der Waals surface area contributed by atoms with Crippen molar-refractivity contribution >= 4 is 5.97 Å². The first kappa shape index (κ1) is 15.9. The van der Waals surface area contributed by atoms with Crippen molar-refractivity contribution in [3.63, 3.8) is 0 Å². The molecule has 1 aliphatic rings. The van der Waals surface area contributed by atoms with E-state index in [9.17, 15) is 5.11 Å². The number of carbonyl (C=O) groups is 1. The van der Waals surface area contributed by atoms with Gasteiger partial charge in [-0.2, -0.15) is 0 Å². The lowest BCUT2D eigenvalue weighted by molar-refractivity contribution is -0.134. The van der Waals surface area contributed by atoms with Crippen molar-refractivity contribution in [2.75, 3.05) is 0 Å². The highest BCUT2D eigenvalue weighted by Gasteiger charge is 2.10. The van der Waals surface area contributed by atoms with Crippen molar-refractivity contribution in [2.45, 2.75) is 59.0 Å². The lowest BCUT2D eigenvalue weighted by atomic mass is 9.94. The minimum atomic E-state index is -0.833. The fourth-order valence-corrected chi connectivity index (χ4v) is 1.65. The zero-order chi connectivity index (χ0) is 13.3. The van der Waals surface area contributed by atoms with Gasteiger partial charge in [0, 0.05) is 6.92 Å². The van der Waals surface area contributed by atoms with Gasteiger partial charge >= 0.3 is 0 Å². The van der Waals surface area contributed by atoms with Gasteiger partial charge < -0.3 is 10.2 Å². The predicted molar refractivity (Wildman–Crippen MR) is 69.9 cm³/mol. The fourth-order valence-electron chi connectivity index (χ4n) is 1.65. The molecule has 1 unspecified atom stereocenters. The Morgan fingerprint density at radius 3 is 2.47 bits per heavy atom. The van der Waals surface area contributed by atoms with Crippen LogP contribution in [-0.4, -0.2) is 22.3 Å². The van der Waals surface area contributed by atoms with E-state index in [0.717, 1.165) is 32.6 Å². The topological polar surface area (TPSA) is 57.5 Å². The lowest BCUT2D eigenvalue weighted by Crippen LogP contribution is -2.09. The average Bonchev–Trinajstić information content (AvgIpc) is 2.19. The van der Waals surface area contributed by atoms with Crippen LogP contribution in [-0.2, 0) is 4.79 Å². The van der Waals surface area contributed by atoms with E-state index in [1.54, 1.807) is 0 Å². The Hall–Kier alpha value is -1.09. The van der Waals surface area contributed by atoms with Gasteiger partial charge in [0.05, 0.1) is 6.10 Å². The normalized spacial score (nSPS) is 18.6. The van der Waals surface area contributed by atoms with Gasteiger partial charge in [-0.3, -0.25) is 4.79 Å². The average molecular weight is 240 g/mol. The van der Waals surface area contributed by atoms with Crippen molar-refractivity contribution in [1.29, 1.82) is 0 Å². The third-order valence-electron chi connectivity index (χ3n) is 2.50. The van der Waals surface area contributed by atoms with Crippen LogP contribution in [0.4, 0.5) is 0 Å². The largest absolute Gasteiger partial charge is 0.481 e. The van der Waals surface area contributed by atoms with Gasteiger partial charge in [-0.25, -0.2) is 0 Å². The maximum atomic E-state index is 9.28. The second kappa shape index (κ2) is 8.99. The molecule has 0 radical (unpaired) electrons. The molecule has 0 aromatic heterocycles. The second-order valence-corrected chi connectivity index (χ2v) is 4.63. The zero-order valence-corrected chi connectivity index (χ0v) is 11.1. The van der Waals surface area contributed by atoms with Crippen LogP contribution in [0.1, 0.15) is 52.9 Å². The Morgan fingerprint density at radius 2 is 2.06 bits per heavy atom. The maximum Gasteiger partial charge on any atom is 0.300 e. The molecule has 0 heterocycles. The van der Waals surface area contributed by atoms with Gasteiger partial charge in [-0.1, -0.05) is 23.3 Å². The molecule has 0 bridgehead atoms. The molecular formula is C14H24O3. The van der Waals surface area contributed by atoms with Gasteiger partial charge in [-0.15, -0.1) is 0 Å². The molecule has 3 nitrogen and oxygen atoms in total. The molecule has 3 heteroatoms. The number of hydrogen-bond acceptors (Lipinski definition) is 2. The summed E-state index contributed by atoms with van der Waals surface area (Å²) in [6.07, 6.45) is 9.68. The highest BCUT2D eigenvalue weighted by Crippen LogP contribution is 2.22. The first-order valence-electron chi connectivity index (χ1n) is 6.10. The molecule has 0 saturated heterocycles. The van der Waals surface area contributed by atoms with Gasteiger partial charge in [0.25, 0.3) is 5.97 Å². The Kier molecular flexibility index (Phi) is 8.42. The zero-order valence-electron chi connectivity index (χ0n) is 11.1. The predicted octanol–water partition coefficient (Wildman–Crippen LogP) is 3.29. The standard InChI is InChI=1S/C12H20O.C2H4O2/c1-10(2)4-3-5-11-6-8-12(13)9-7-11;1-2(3)4/h4,6,12-13H,3,5,7-9H2,1-2H3;1H3,(H,3,4). The number of carboxylic acids is 1. The van der Waals surface area contributed by atoms with E-state index < -0.39 is 5.97 Å². The van der Waals surface area contributed by atoms with Crippen LogP contribution in [0.5, 0.6) is 0 Å². The van der Waals surface area contributed by atoms with Crippen molar-refractivity contribution < 1.29 is 15.0 Å². The molecule has 0 amide bonds. The third kappa shape index (κ3) is 11.2. The summed E-state index contributed by atoms with van der Waals surface area (Å²) in [7, 11) is 0. The van der Waals surface area contributed by atoms with Crippen molar-refractivity contribution in [1.82, 2.24) is 0 Å². The smallest absolute Gasteiger partial charge is 0.300 e. The molecule has 1 aliphatic carbocycles. The lowest BCUT2D eigenvalue weighted by Gasteiger charge is -2.16. The summed E-state index contributed by atoms with van der Waals surface area (Å²) >= 11 is 0. The highest BCUT2D eigenvalue weighted by molar-refractivity contribution is 5.62. The van der Waals surface area contributed by atoms with E-state index in [4.69, 9.17) is 9.90 Å². The van der Waals surface area contributed by atoms with Crippen LogP contribution < -0.4 is 0 Å². The van der Waals surface area contributed by atoms with Gasteiger partial charge in [-0.05, 0) is 46.0 Å². The van der Waals surface area contributed by atoms with Gasteiger partial charge in [0.1, 0.15) is 0 Å². The van der Waals surface area contributed by atoms with E-state index in [2.05, 4.69) is 26.0 Å². The molecule has 0 spiro atoms.